The summed E-state index contributed by atoms with van der Waals surface area (Å²) < 4.78 is 30.5. The first-order valence-corrected chi connectivity index (χ1v) is 9.91. The van der Waals surface area contributed by atoms with E-state index in [0.29, 0.717) is 0 Å². The lowest BCUT2D eigenvalue weighted by Gasteiger charge is -2.52. The standard InChI is InChI=1S/C17H25N3O7S/c1-9(21)18-13-19-20(10(2)22)17(28-13)12-11(25-15(5,6)26-12)7-23-16(17)8-24-14(3,4)27-16/h11-12H,7-8H2,1-6H3,(H,18,19,21)/t11-,12-,16+,17-/m1/s1. The Kier molecular flexibility index (Phi) is 4.39. The van der Waals surface area contributed by atoms with Crippen LogP contribution >= 0.6 is 11.8 Å². The van der Waals surface area contributed by atoms with Gasteiger partial charge in [-0.15, -0.1) is 5.10 Å². The minimum Gasteiger partial charge on any atom is -0.345 e. The quantitative estimate of drug-likeness (QED) is 0.617. The van der Waals surface area contributed by atoms with Crippen molar-refractivity contribution in [1.29, 1.82) is 0 Å². The molecule has 2 spiro atoms. The van der Waals surface area contributed by atoms with Crippen molar-refractivity contribution in [2.24, 2.45) is 5.10 Å². The first-order valence-electron chi connectivity index (χ1n) is 9.09. The molecule has 0 bridgehead atoms. The molecule has 10 nitrogen and oxygen atoms in total. The van der Waals surface area contributed by atoms with Gasteiger partial charge >= 0.3 is 0 Å². The van der Waals surface area contributed by atoms with Crippen LogP contribution in [0.4, 0.5) is 0 Å². The van der Waals surface area contributed by atoms with E-state index in [2.05, 4.69) is 10.4 Å². The molecule has 0 aromatic carbocycles. The molecule has 0 unspecified atom stereocenters. The van der Waals surface area contributed by atoms with Crippen LogP contribution in [0, 0.1) is 0 Å². The number of thioether (sulfide) groups is 1. The summed E-state index contributed by atoms with van der Waals surface area (Å²) in [5, 5.41) is 8.55. The first kappa shape index (κ1) is 20.0. The highest BCUT2D eigenvalue weighted by atomic mass is 32.2. The Morgan fingerprint density at radius 2 is 1.86 bits per heavy atom. The van der Waals surface area contributed by atoms with Crippen LogP contribution in [0.1, 0.15) is 41.5 Å². The zero-order chi connectivity index (χ0) is 20.5. The number of amides is 2. The van der Waals surface area contributed by atoms with Gasteiger partial charge in [0.15, 0.2) is 16.7 Å². The maximum atomic E-state index is 12.6. The number of ether oxygens (including phenoxy) is 5. The molecule has 11 heteroatoms. The van der Waals surface area contributed by atoms with Crippen molar-refractivity contribution in [3.8, 4) is 0 Å². The average molecular weight is 415 g/mol. The number of hydrazone groups is 1. The van der Waals surface area contributed by atoms with Crippen molar-refractivity contribution in [3.63, 3.8) is 0 Å². The van der Waals surface area contributed by atoms with E-state index in [1.807, 2.05) is 0 Å². The molecule has 0 saturated carbocycles. The highest BCUT2D eigenvalue weighted by Crippen LogP contribution is 2.59. The monoisotopic (exact) mass is 415 g/mol. The first-order chi connectivity index (χ1) is 12.9. The van der Waals surface area contributed by atoms with Gasteiger partial charge in [-0.05, 0) is 39.5 Å². The van der Waals surface area contributed by atoms with Gasteiger partial charge < -0.3 is 29.0 Å². The molecule has 3 fully saturated rings. The summed E-state index contributed by atoms with van der Waals surface area (Å²) >= 11 is 1.16. The summed E-state index contributed by atoms with van der Waals surface area (Å²) in [5.41, 5.74) is 0. The predicted octanol–water partition coefficient (Wildman–Crippen LogP) is 0.715. The number of carbonyl (C=O) groups is 2. The Bertz CT molecular complexity index is 755. The van der Waals surface area contributed by atoms with E-state index in [4.69, 9.17) is 23.7 Å². The highest BCUT2D eigenvalue weighted by Gasteiger charge is 2.76. The molecule has 4 aliphatic rings. The smallest absolute Gasteiger partial charge is 0.241 e. The Morgan fingerprint density at radius 1 is 1.14 bits per heavy atom. The maximum Gasteiger partial charge on any atom is 0.241 e. The van der Waals surface area contributed by atoms with Gasteiger partial charge in [-0.2, -0.15) is 0 Å². The molecular formula is C17H25N3O7S. The molecule has 2 amide bonds. The van der Waals surface area contributed by atoms with E-state index in [0.717, 1.165) is 11.8 Å². The van der Waals surface area contributed by atoms with Gasteiger partial charge in [0, 0.05) is 13.8 Å². The van der Waals surface area contributed by atoms with Crippen molar-refractivity contribution in [2.75, 3.05) is 13.2 Å². The number of hydrogen-bond acceptors (Lipinski definition) is 9. The molecule has 4 atom stereocenters. The Labute approximate surface area is 167 Å². The normalized spacial score (nSPS) is 40.6. The third-order valence-electron chi connectivity index (χ3n) is 4.96. The fourth-order valence-corrected chi connectivity index (χ4v) is 5.60. The lowest BCUT2D eigenvalue weighted by Crippen LogP contribution is -2.74. The van der Waals surface area contributed by atoms with Crippen LogP contribution in [-0.4, -0.2) is 69.6 Å². The van der Waals surface area contributed by atoms with Crippen molar-refractivity contribution < 1.29 is 33.3 Å². The number of rotatable bonds is 0. The summed E-state index contributed by atoms with van der Waals surface area (Å²) in [7, 11) is 0. The summed E-state index contributed by atoms with van der Waals surface area (Å²) in [6, 6.07) is 0. The summed E-state index contributed by atoms with van der Waals surface area (Å²) in [6.45, 7) is 10.2. The third-order valence-corrected chi connectivity index (χ3v) is 6.36. The maximum absolute atomic E-state index is 12.6. The van der Waals surface area contributed by atoms with E-state index >= 15 is 0 Å². The topological polar surface area (TPSA) is 108 Å². The molecule has 0 aromatic heterocycles. The molecule has 28 heavy (non-hydrogen) atoms. The van der Waals surface area contributed by atoms with E-state index in [9.17, 15) is 9.59 Å². The second-order valence-electron chi connectivity index (χ2n) is 8.16. The highest BCUT2D eigenvalue weighted by molar-refractivity contribution is 8.15. The van der Waals surface area contributed by atoms with Crippen LogP contribution in [-0.2, 0) is 33.3 Å². The van der Waals surface area contributed by atoms with E-state index in [1.54, 1.807) is 27.7 Å². The zero-order valence-corrected chi connectivity index (χ0v) is 17.5. The summed E-state index contributed by atoms with van der Waals surface area (Å²) in [5.74, 6) is -3.83. The van der Waals surface area contributed by atoms with Crippen LogP contribution in [0.3, 0.4) is 0 Å². The Hall–Kier alpha value is -1.24. The number of amidine groups is 1. The van der Waals surface area contributed by atoms with Crippen LogP contribution in [0.25, 0.3) is 0 Å². The van der Waals surface area contributed by atoms with Gasteiger partial charge in [-0.1, -0.05) is 0 Å². The molecule has 0 aromatic rings. The third kappa shape index (κ3) is 2.87. The Morgan fingerprint density at radius 3 is 2.43 bits per heavy atom. The number of nitrogens with zero attached hydrogens (tertiary/aromatic N) is 2. The average Bonchev–Trinajstić information content (AvgIpc) is 3.16. The van der Waals surface area contributed by atoms with Crippen LogP contribution in [0.5, 0.6) is 0 Å². The molecule has 0 radical (unpaired) electrons. The number of carbonyl (C=O) groups excluding carboxylic acids is 2. The van der Waals surface area contributed by atoms with Crippen molar-refractivity contribution in [2.45, 2.75) is 76.0 Å². The fourth-order valence-electron chi connectivity index (χ4n) is 4.10. The van der Waals surface area contributed by atoms with Gasteiger partial charge in [0.05, 0.1) is 6.61 Å². The molecule has 0 aliphatic carbocycles. The van der Waals surface area contributed by atoms with Gasteiger partial charge in [0.1, 0.15) is 18.8 Å². The predicted molar refractivity (Wildman–Crippen MR) is 97.7 cm³/mol. The van der Waals surface area contributed by atoms with Crippen molar-refractivity contribution in [3.05, 3.63) is 0 Å². The second-order valence-corrected chi connectivity index (χ2v) is 9.38. The zero-order valence-electron chi connectivity index (χ0n) is 16.7. The molecule has 1 N–H and O–H groups in total. The molecule has 3 saturated heterocycles. The summed E-state index contributed by atoms with van der Waals surface area (Å²) in [4.78, 5) is 23.0. The van der Waals surface area contributed by atoms with Gasteiger partial charge in [-0.25, -0.2) is 5.01 Å². The number of hydrogen-bond donors (Lipinski definition) is 1. The number of nitrogens with one attached hydrogen (secondary N) is 1. The largest absolute Gasteiger partial charge is 0.345 e. The van der Waals surface area contributed by atoms with Crippen LogP contribution in [0.15, 0.2) is 5.10 Å². The van der Waals surface area contributed by atoms with E-state index in [-0.39, 0.29) is 30.2 Å². The second kappa shape index (κ2) is 6.13. The SMILES string of the molecule is CC(=O)NC1=NN(C(C)=O)[C@@]2(S1)[C@@H]1OC(C)(C)O[C@@H]1CO[C@]21COC(C)(C)O1. The molecule has 4 heterocycles. The fraction of sp³-hybridized carbons (Fsp3) is 0.824. The van der Waals surface area contributed by atoms with Crippen molar-refractivity contribution in [1.82, 2.24) is 10.3 Å². The molecular weight excluding hydrogens is 390 g/mol. The van der Waals surface area contributed by atoms with Crippen LogP contribution < -0.4 is 5.32 Å². The lowest BCUT2D eigenvalue weighted by molar-refractivity contribution is -0.319. The van der Waals surface area contributed by atoms with Crippen molar-refractivity contribution >= 4 is 28.7 Å². The lowest BCUT2D eigenvalue weighted by atomic mass is 9.92. The minimum atomic E-state index is -1.36. The number of fused-ring (bicyclic) bond motifs is 3. The molecule has 4 rings (SSSR count). The van der Waals surface area contributed by atoms with E-state index < -0.39 is 34.4 Å². The minimum absolute atomic E-state index is 0.0622. The Balaban J connectivity index is 1.84. The van der Waals surface area contributed by atoms with Gasteiger partial charge in [0.25, 0.3) is 0 Å². The van der Waals surface area contributed by atoms with Gasteiger partial charge in [-0.3, -0.25) is 9.59 Å². The van der Waals surface area contributed by atoms with Gasteiger partial charge in [0.2, 0.25) is 22.5 Å². The summed E-state index contributed by atoms with van der Waals surface area (Å²) in [6.07, 6.45) is -1.08. The molecule has 4 aliphatic heterocycles. The molecule has 156 valence electrons. The van der Waals surface area contributed by atoms with E-state index in [1.165, 1.54) is 18.9 Å². The van der Waals surface area contributed by atoms with Crippen LogP contribution in [0.2, 0.25) is 0 Å².